The summed E-state index contributed by atoms with van der Waals surface area (Å²) >= 11 is 6.54. The maximum Gasteiger partial charge on any atom is 0.132 e. The normalized spacial score (nSPS) is 11.0. The first-order valence-electron chi connectivity index (χ1n) is 8.33. The number of aliphatic hydroxyl groups is 1. The van der Waals surface area contributed by atoms with Gasteiger partial charge in [-0.25, -0.2) is 4.68 Å². The fourth-order valence-electron chi connectivity index (χ4n) is 2.86. The summed E-state index contributed by atoms with van der Waals surface area (Å²) in [4.78, 5) is 0. The van der Waals surface area contributed by atoms with E-state index >= 15 is 0 Å². The van der Waals surface area contributed by atoms with Crippen LogP contribution in [-0.4, -0.2) is 14.9 Å². The van der Waals surface area contributed by atoms with E-state index in [2.05, 4.69) is 22.5 Å². The molecule has 2 aromatic carbocycles. The van der Waals surface area contributed by atoms with Crippen molar-refractivity contribution < 1.29 is 5.11 Å². The molecule has 0 saturated heterocycles. The summed E-state index contributed by atoms with van der Waals surface area (Å²) in [6.07, 6.45) is 0. The molecule has 5 heteroatoms. The van der Waals surface area contributed by atoms with Crippen molar-refractivity contribution in [2.24, 2.45) is 0 Å². The highest BCUT2D eigenvalue weighted by atomic mass is 35.5. The monoisotopic (exact) mass is 355 g/mol. The van der Waals surface area contributed by atoms with Gasteiger partial charge >= 0.3 is 0 Å². The Balaban J connectivity index is 1.67. The minimum absolute atomic E-state index is 0.0483. The first-order chi connectivity index (χ1) is 12.2. The van der Waals surface area contributed by atoms with Crippen molar-refractivity contribution in [1.29, 1.82) is 0 Å². The fraction of sp³-hybridized carbons (Fsp3) is 0.250. The van der Waals surface area contributed by atoms with Crippen LogP contribution in [0.3, 0.4) is 0 Å². The van der Waals surface area contributed by atoms with Crippen molar-refractivity contribution in [1.82, 2.24) is 15.1 Å². The Labute approximate surface area is 153 Å². The van der Waals surface area contributed by atoms with E-state index in [4.69, 9.17) is 11.6 Å². The van der Waals surface area contributed by atoms with Crippen molar-refractivity contribution >= 4 is 11.6 Å². The smallest absolute Gasteiger partial charge is 0.132 e. The molecular formula is C20H22ClN3O. The van der Waals surface area contributed by atoms with Gasteiger partial charge in [0.15, 0.2) is 0 Å². The first-order valence-corrected chi connectivity index (χ1v) is 8.71. The minimum atomic E-state index is 0.0483. The van der Waals surface area contributed by atoms with E-state index in [0.717, 1.165) is 22.4 Å². The van der Waals surface area contributed by atoms with Crippen LogP contribution in [0.1, 0.15) is 27.9 Å². The Morgan fingerprint density at radius 2 is 1.68 bits per heavy atom. The van der Waals surface area contributed by atoms with Gasteiger partial charge in [-0.1, -0.05) is 66.2 Å². The molecule has 0 bridgehead atoms. The van der Waals surface area contributed by atoms with E-state index in [1.54, 1.807) is 0 Å². The second kappa shape index (κ2) is 8.30. The van der Waals surface area contributed by atoms with Gasteiger partial charge in [0.2, 0.25) is 0 Å². The number of benzene rings is 2. The summed E-state index contributed by atoms with van der Waals surface area (Å²) < 4.78 is 1.84. The topological polar surface area (TPSA) is 50.1 Å². The molecule has 1 heterocycles. The third kappa shape index (κ3) is 4.28. The molecule has 0 aliphatic heterocycles. The SMILES string of the molecule is Cc1nn(Cc2ccccc2)c(Cl)c1CNCc1ccccc1CO. The highest BCUT2D eigenvalue weighted by Crippen LogP contribution is 2.21. The molecule has 4 nitrogen and oxygen atoms in total. The Morgan fingerprint density at radius 3 is 2.40 bits per heavy atom. The van der Waals surface area contributed by atoms with E-state index in [9.17, 15) is 5.11 Å². The number of hydrogen-bond acceptors (Lipinski definition) is 3. The van der Waals surface area contributed by atoms with Crippen molar-refractivity contribution in [3.63, 3.8) is 0 Å². The van der Waals surface area contributed by atoms with Crippen molar-refractivity contribution in [2.45, 2.75) is 33.2 Å². The van der Waals surface area contributed by atoms with Crippen LogP contribution in [0.5, 0.6) is 0 Å². The molecule has 0 aliphatic carbocycles. The average Bonchev–Trinajstić information content (AvgIpc) is 2.90. The lowest BCUT2D eigenvalue weighted by atomic mass is 10.1. The molecule has 0 saturated carbocycles. The lowest BCUT2D eigenvalue weighted by molar-refractivity contribution is 0.280. The van der Waals surface area contributed by atoms with Crippen LogP contribution >= 0.6 is 11.6 Å². The average molecular weight is 356 g/mol. The maximum atomic E-state index is 9.40. The van der Waals surface area contributed by atoms with Gasteiger partial charge in [-0.15, -0.1) is 0 Å². The van der Waals surface area contributed by atoms with Gasteiger partial charge < -0.3 is 10.4 Å². The van der Waals surface area contributed by atoms with Crippen LogP contribution in [0.4, 0.5) is 0 Å². The van der Waals surface area contributed by atoms with Gasteiger partial charge in [-0.3, -0.25) is 0 Å². The van der Waals surface area contributed by atoms with Crippen molar-refractivity contribution in [3.05, 3.63) is 87.7 Å². The maximum absolute atomic E-state index is 9.40. The van der Waals surface area contributed by atoms with Crippen LogP contribution in [0, 0.1) is 6.92 Å². The number of nitrogens with zero attached hydrogens (tertiary/aromatic N) is 2. The molecular weight excluding hydrogens is 334 g/mol. The summed E-state index contributed by atoms with van der Waals surface area (Å²) in [5.41, 5.74) is 5.15. The predicted molar refractivity (Wildman–Crippen MR) is 100 cm³/mol. The van der Waals surface area contributed by atoms with E-state index < -0.39 is 0 Å². The number of nitrogens with one attached hydrogen (secondary N) is 1. The van der Waals surface area contributed by atoms with Gasteiger partial charge in [0, 0.05) is 18.7 Å². The second-order valence-corrected chi connectivity index (χ2v) is 6.39. The molecule has 0 aliphatic rings. The van der Waals surface area contributed by atoms with Crippen LogP contribution in [0.25, 0.3) is 0 Å². The molecule has 130 valence electrons. The lowest BCUT2D eigenvalue weighted by Crippen LogP contribution is -2.14. The summed E-state index contributed by atoms with van der Waals surface area (Å²) in [5.74, 6) is 0. The number of aryl methyl sites for hydroxylation is 1. The van der Waals surface area contributed by atoms with Crippen LogP contribution in [0.2, 0.25) is 5.15 Å². The number of aromatic nitrogens is 2. The fourth-order valence-corrected chi connectivity index (χ4v) is 3.16. The summed E-state index contributed by atoms with van der Waals surface area (Å²) in [5, 5.41) is 18.0. The summed E-state index contributed by atoms with van der Waals surface area (Å²) in [6.45, 7) is 4.00. The molecule has 0 atom stereocenters. The number of aliphatic hydroxyl groups excluding tert-OH is 1. The van der Waals surface area contributed by atoms with Gasteiger partial charge in [0.05, 0.1) is 18.8 Å². The molecule has 0 radical (unpaired) electrons. The van der Waals surface area contributed by atoms with E-state index in [1.165, 1.54) is 5.56 Å². The van der Waals surface area contributed by atoms with Gasteiger partial charge in [-0.2, -0.15) is 5.10 Å². The molecule has 2 N–H and O–H groups in total. The molecule has 25 heavy (non-hydrogen) atoms. The standard InChI is InChI=1S/C20H22ClN3O/c1-15-19(12-22-11-17-9-5-6-10-18(17)14-25)20(21)24(23-15)13-16-7-3-2-4-8-16/h2-10,22,25H,11-14H2,1H3. The van der Waals surface area contributed by atoms with Gasteiger partial charge in [0.1, 0.15) is 5.15 Å². The zero-order valence-electron chi connectivity index (χ0n) is 14.2. The highest BCUT2D eigenvalue weighted by molar-refractivity contribution is 6.30. The van der Waals surface area contributed by atoms with Gasteiger partial charge in [0.25, 0.3) is 0 Å². The quantitative estimate of drug-likeness (QED) is 0.679. The van der Waals surface area contributed by atoms with Crippen LogP contribution in [0.15, 0.2) is 54.6 Å². The summed E-state index contributed by atoms with van der Waals surface area (Å²) in [7, 11) is 0. The number of halogens is 1. The highest BCUT2D eigenvalue weighted by Gasteiger charge is 2.13. The van der Waals surface area contributed by atoms with Crippen LogP contribution in [-0.2, 0) is 26.2 Å². The molecule has 0 amide bonds. The third-order valence-corrected chi connectivity index (χ3v) is 4.69. The van der Waals surface area contributed by atoms with E-state index in [0.29, 0.717) is 24.8 Å². The minimum Gasteiger partial charge on any atom is -0.392 e. The Morgan fingerprint density at radius 1 is 1.00 bits per heavy atom. The zero-order chi connectivity index (χ0) is 17.6. The molecule has 1 aromatic heterocycles. The van der Waals surface area contributed by atoms with Crippen molar-refractivity contribution in [2.75, 3.05) is 0 Å². The largest absolute Gasteiger partial charge is 0.392 e. The van der Waals surface area contributed by atoms with Crippen LogP contribution < -0.4 is 5.32 Å². The molecule has 3 rings (SSSR count). The second-order valence-electron chi connectivity index (χ2n) is 6.03. The molecule has 3 aromatic rings. The number of hydrogen-bond donors (Lipinski definition) is 2. The summed E-state index contributed by atoms with van der Waals surface area (Å²) in [6, 6.07) is 18.0. The molecule has 0 unspecified atom stereocenters. The van der Waals surface area contributed by atoms with Crippen molar-refractivity contribution in [3.8, 4) is 0 Å². The first kappa shape index (κ1) is 17.7. The number of rotatable bonds is 7. The third-order valence-electron chi connectivity index (χ3n) is 4.26. The Bertz CT molecular complexity index is 830. The van der Waals surface area contributed by atoms with E-state index in [1.807, 2.05) is 54.1 Å². The Hall–Kier alpha value is -2.14. The lowest BCUT2D eigenvalue weighted by Gasteiger charge is -2.09. The van der Waals surface area contributed by atoms with E-state index in [-0.39, 0.29) is 6.61 Å². The van der Waals surface area contributed by atoms with Gasteiger partial charge in [-0.05, 0) is 23.6 Å². The molecule has 0 fully saturated rings. The zero-order valence-corrected chi connectivity index (χ0v) is 15.0. The Kier molecular flexibility index (Phi) is 5.87. The predicted octanol–water partition coefficient (Wildman–Crippen LogP) is 3.68. The molecule has 0 spiro atoms.